The molecule has 0 aromatic rings. The van der Waals surface area contributed by atoms with Crippen molar-refractivity contribution in [3.05, 3.63) is 11.6 Å². The van der Waals surface area contributed by atoms with Crippen LogP contribution in [-0.2, 0) is 9.53 Å². The first-order chi connectivity index (χ1) is 5.61. The number of carbonyl (C=O) groups excluding carboxylic acids is 1. The predicted octanol–water partition coefficient (Wildman–Crippen LogP) is 2.54. The highest BCUT2D eigenvalue weighted by Gasteiger charge is 2.04. The molecule has 0 aliphatic rings. The van der Waals surface area contributed by atoms with E-state index < -0.39 is 0 Å². The van der Waals surface area contributed by atoms with Crippen LogP contribution in [0.1, 0.15) is 33.6 Å². The molecule has 0 bridgehead atoms. The number of methoxy groups -OCH3 is 1. The molecule has 2 heteroatoms. The van der Waals surface area contributed by atoms with Gasteiger partial charge in [0.1, 0.15) is 0 Å². The summed E-state index contributed by atoms with van der Waals surface area (Å²) in [6, 6.07) is 0. The summed E-state index contributed by atoms with van der Waals surface area (Å²) in [5.41, 5.74) is 1.10. The van der Waals surface area contributed by atoms with Crippen molar-refractivity contribution in [1.29, 1.82) is 0 Å². The van der Waals surface area contributed by atoms with E-state index in [1.54, 1.807) is 6.08 Å². The fourth-order valence-corrected chi connectivity index (χ4v) is 1.05. The number of rotatable bonds is 4. The Morgan fingerprint density at radius 2 is 2.17 bits per heavy atom. The van der Waals surface area contributed by atoms with Gasteiger partial charge in [0.05, 0.1) is 7.11 Å². The van der Waals surface area contributed by atoms with Gasteiger partial charge in [0.2, 0.25) is 0 Å². The lowest BCUT2D eigenvalue weighted by Gasteiger charge is -2.09. The van der Waals surface area contributed by atoms with E-state index in [1.165, 1.54) is 7.11 Å². The van der Waals surface area contributed by atoms with Gasteiger partial charge in [-0.3, -0.25) is 0 Å². The molecule has 70 valence electrons. The van der Waals surface area contributed by atoms with Crippen molar-refractivity contribution in [2.75, 3.05) is 7.11 Å². The molecule has 0 fully saturated rings. The highest BCUT2D eigenvalue weighted by molar-refractivity contribution is 5.82. The fourth-order valence-electron chi connectivity index (χ4n) is 1.05. The Kier molecular flexibility index (Phi) is 5.43. The SMILES string of the molecule is CCCC(C)/C(C)=C/C(=O)OC. The summed E-state index contributed by atoms with van der Waals surface area (Å²) < 4.78 is 4.53. The second-order valence-corrected chi connectivity index (χ2v) is 3.10. The zero-order valence-corrected chi connectivity index (χ0v) is 8.39. The number of hydrogen-bond acceptors (Lipinski definition) is 2. The molecule has 0 saturated heterocycles. The van der Waals surface area contributed by atoms with Crippen molar-refractivity contribution in [2.24, 2.45) is 5.92 Å². The van der Waals surface area contributed by atoms with Crippen LogP contribution in [0.3, 0.4) is 0 Å². The number of carbonyl (C=O) groups is 1. The predicted molar refractivity (Wildman–Crippen MR) is 49.8 cm³/mol. The highest BCUT2D eigenvalue weighted by atomic mass is 16.5. The highest BCUT2D eigenvalue weighted by Crippen LogP contribution is 2.15. The van der Waals surface area contributed by atoms with Crippen LogP contribution in [0.2, 0.25) is 0 Å². The van der Waals surface area contributed by atoms with E-state index in [2.05, 4.69) is 18.6 Å². The Morgan fingerprint density at radius 1 is 1.58 bits per heavy atom. The van der Waals surface area contributed by atoms with Crippen LogP contribution in [0.5, 0.6) is 0 Å². The number of allylic oxidation sites excluding steroid dienone is 1. The third kappa shape index (κ3) is 4.16. The first kappa shape index (κ1) is 11.2. The Hall–Kier alpha value is -0.790. The van der Waals surface area contributed by atoms with E-state index in [9.17, 15) is 4.79 Å². The Balaban J connectivity index is 4.06. The normalized spacial score (nSPS) is 14.2. The maximum atomic E-state index is 10.8. The molecule has 0 aromatic heterocycles. The van der Waals surface area contributed by atoms with Gasteiger partial charge in [0, 0.05) is 6.08 Å². The Labute approximate surface area is 74.6 Å². The van der Waals surface area contributed by atoms with Crippen LogP contribution in [-0.4, -0.2) is 13.1 Å². The molecule has 0 aliphatic carbocycles. The summed E-state index contributed by atoms with van der Waals surface area (Å²) in [5, 5.41) is 0. The van der Waals surface area contributed by atoms with Gasteiger partial charge in [-0.2, -0.15) is 0 Å². The summed E-state index contributed by atoms with van der Waals surface area (Å²) in [5.74, 6) is 0.226. The van der Waals surface area contributed by atoms with Crippen molar-refractivity contribution < 1.29 is 9.53 Å². The summed E-state index contributed by atoms with van der Waals surface area (Å²) in [6.07, 6.45) is 3.84. The van der Waals surface area contributed by atoms with E-state index in [4.69, 9.17) is 0 Å². The molecule has 2 nitrogen and oxygen atoms in total. The molecule has 1 atom stereocenters. The van der Waals surface area contributed by atoms with Gasteiger partial charge in [-0.1, -0.05) is 25.8 Å². The zero-order chi connectivity index (χ0) is 9.56. The molecular weight excluding hydrogens is 152 g/mol. The van der Waals surface area contributed by atoms with Gasteiger partial charge in [0.15, 0.2) is 0 Å². The third-order valence-corrected chi connectivity index (χ3v) is 2.05. The molecule has 1 unspecified atom stereocenters. The average molecular weight is 170 g/mol. The molecule has 0 amide bonds. The van der Waals surface area contributed by atoms with E-state index in [-0.39, 0.29) is 5.97 Å². The summed E-state index contributed by atoms with van der Waals surface area (Å²) in [6.45, 7) is 6.23. The van der Waals surface area contributed by atoms with E-state index >= 15 is 0 Å². The van der Waals surface area contributed by atoms with E-state index in [1.807, 2.05) is 6.92 Å². The molecule has 0 N–H and O–H groups in total. The molecular formula is C10H18O2. The van der Waals surface area contributed by atoms with Crippen molar-refractivity contribution in [3.63, 3.8) is 0 Å². The van der Waals surface area contributed by atoms with Crippen LogP contribution in [0.25, 0.3) is 0 Å². The van der Waals surface area contributed by atoms with Gasteiger partial charge in [-0.05, 0) is 19.3 Å². The molecule has 0 aromatic carbocycles. The molecule has 0 radical (unpaired) electrons. The number of hydrogen-bond donors (Lipinski definition) is 0. The lowest BCUT2D eigenvalue weighted by molar-refractivity contribution is -0.134. The average Bonchev–Trinajstić information content (AvgIpc) is 2.04. The molecule has 0 rings (SSSR count). The fraction of sp³-hybridized carbons (Fsp3) is 0.700. The first-order valence-corrected chi connectivity index (χ1v) is 4.38. The molecule has 0 spiro atoms. The standard InChI is InChI=1S/C10H18O2/c1-5-6-8(2)9(3)7-10(11)12-4/h7-8H,5-6H2,1-4H3/b9-7+. The second-order valence-electron chi connectivity index (χ2n) is 3.10. The molecule has 0 heterocycles. The summed E-state index contributed by atoms with van der Waals surface area (Å²) in [7, 11) is 1.40. The van der Waals surface area contributed by atoms with Crippen molar-refractivity contribution >= 4 is 5.97 Å². The van der Waals surface area contributed by atoms with Gasteiger partial charge >= 0.3 is 5.97 Å². The quantitative estimate of drug-likeness (QED) is 0.478. The minimum absolute atomic E-state index is 0.254. The first-order valence-electron chi connectivity index (χ1n) is 4.38. The topological polar surface area (TPSA) is 26.3 Å². The lowest BCUT2D eigenvalue weighted by Crippen LogP contribution is -2.01. The minimum atomic E-state index is -0.254. The maximum absolute atomic E-state index is 10.8. The van der Waals surface area contributed by atoms with E-state index in [0.29, 0.717) is 5.92 Å². The van der Waals surface area contributed by atoms with Crippen LogP contribution < -0.4 is 0 Å². The van der Waals surface area contributed by atoms with Crippen molar-refractivity contribution in [2.45, 2.75) is 33.6 Å². The Bertz CT molecular complexity index is 171. The van der Waals surface area contributed by atoms with Crippen LogP contribution >= 0.6 is 0 Å². The van der Waals surface area contributed by atoms with Gasteiger partial charge < -0.3 is 4.74 Å². The smallest absolute Gasteiger partial charge is 0.330 e. The van der Waals surface area contributed by atoms with Gasteiger partial charge in [-0.25, -0.2) is 4.79 Å². The van der Waals surface area contributed by atoms with E-state index in [0.717, 1.165) is 18.4 Å². The largest absolute Gasteiger partial charge is 0.466 e. The minimum Gasteiger partial charge on any atom is -0.466 e. The zero-order valence-electron chi connectivity index (χ0n) is 8.39. The molecule has 12 heavy (non-hydrogen) atoms. The maximum Gasteiger partial charge on any atom is 0.330 e. The van der Waals surface area contributed by atoms with Gasteiger partial charge in [-0.15, -0.1) is 0 Å². The number of ether oxygens (including phenoxy) is 1. The number of esters is 1. The molecule has 0 aliphatic heterocycles. The van der Waals surface area contributed by atoms with Crippen LogP contribution in [0.15, 0.2) is 11.6 Å². The lowest BCUT2D eigenvalue weighted by atomic mass is 9.97. The second kappa shape index (κ2) is 5.81. The third-order valence-electron chi connectivity index (χ3n) is 2.05. The van der Waals surface area contributed by atoms with Crippen LogP contribution in [0, 0.1) is 5.92 Å². The summed E-state index contributed by atoms with van der Waals surface area (Å²) in [4.78, 5) is 10.8. The Morgan fingerprint density at radius 3 is 2.58 bits per heavy atom. The van der Waals surface area contributed by atoms with Crippen molar-refractivity contribution in [3.8, 4) is 0 Å². The van der Waals surface area contributed by atoms with Crippen LogP contribution in [0.4, 0.5) is 0 Å². The van der Waals surface area contributed by atoms with Crippen molar-refractivity contribution in [1.82, 2.24) is 0 Å². The molecule has 0 saturated carbocycles. The monoisotopic (exact) mass is 170 g/mol. The van der Waals surface area contributed by atoms with Gasteiger partial charge in [0.25, 0.3) is 0 Å². The summed E-state index contributed by atoms with van der Waals surface area (Å²) >= 11 is 0.